The average molecular weight is 328 g/mol. The molecular weight excluding hydrogens is 304 g/mol. The van der Waals surface area contributed by atoms with Gasteiger partial charge in [-0.1, -0.05) is 24.3 Å². The number of benzene rings is 1. The number of likely N-dealkylation sites (tertiary alicyclic amines) is 1. The number of hydrogen-bond acceptors (Lipinski definition) is 3. The van der Waals surface area contributed by atoms with Crippen LogP contribution in [0, 0.1) is 5.92 Å². The van der Waals surface area contributed by atoms with Crippen molar-refractivity contribution in [3.63, 3.8) is 0 Å². The van der Waals surface area contributed by atoms with Crippen LogP contribution in [0.15, 0.2) is 43.0 Å². The second kappa shape index (κ2) is 7.97. The topological polar surface area (TPSA) is 70.4 Å². The Morgan fingerprint density at radius 1 is 1.21 bits per heavy atom. The highest BCUT2D eigenvalue weighted by Crippen LogP contribution is 2.16. The lowest BCUT2D eigenvalue weighted by atomic mass is 9.98. The van der Waals surface area contributed by atoms with Gasteiger partial charge in [0.05, 0.1) is 6.33 Å². The highest BCUT2D eigenvalue weighted by atomic mass is 16.3. The summed E-state index contributed by atoms with van der Waals surface area (Å²) in [6, 6.07) is 8.23. The van der Waals surface area contributed by atoms with Crippen LogP contribution in [0.3, 0.4) is 0 Å². The maximum Gasteiger partial charge on any atom is 0.317 e. The van der Waals surface area contributed by atoms with Crippen molar-refractivity contribution in [3.05, 3.63) is 54.1 Å². The summed E-state index contributed by atoms with van der Waals surface area (Å²) >= 11 is 0. The molecule has 1 aromatic carbocycles. The number of nitrogens with zero attached hydrogens (tertiary/aromatic N) is 3. The number of amides is 2. The van der Waals surface area contributed by atoms with Gasteiger partial charge in [-0.3, -0.25) is 0 Å². The maximum atomic E-state index is 12.2. The summed E-state index contributed by atoms with van der Waals surface area (Å²) in [4.78, 5) is 18.1. The number of carbonyl (C=O) groups excluding carboxylic acids is 1. The van der Waals surface area contributed by atoms with E-state index < -0.39 is 0 Å². The number of carbonyl (C=O) groups is 1. The van der Waals surface area contributed by atoms with Crippen molar-refractivity contribution >= 4 is 6.03 Å². The molecule has 6 nitrogen and oxygen atoms in total. The Balaban J connectivity index is 1.45. The molecular formula is C18H24N4O2. The molecule has 2 amide bonds. The van der Waals surface area contributed by atoms with Crippen molar-refractivity contribution in [1.29, 1.82) is 0 Å². The van der Waals surface area contributed by atoms with Crippen molar-refractivity contribution in [2.75, 3.05) is 19.7 Å². The van der Waals surface area contributed by atoms with Crippen molar-refractivity contribution in [1.82, 2.24) is 19.8 Å². The van der Waals surface area contributed by atoms with Gasteiger partial charge in [0.1, 0.15) is 0 Å². The van der Waals surface area contributed by atoms with Crippen LogP contribution in [-0.2, 0) is 13.1 Å². The van der Waals surface area contributed by atoms with Gasteiger partial charge in [-0.05, 0) is 29.9 Å². The molecule has 1 aliphatic rings. The van der Waals surface area contributed by atoms with Crippen molar-refractivity contribution < 1.29 is 9.90 Å². The first-order chi connectivity index (χ1) is 11.7. The van der Waals surface area contributed by atoms with E-state index in [4.69, 9.17) is 5.11 Å². The summed E-state index contributed by atoms with van der Waals surface area (Å²) in [7, 11) is 0. The van der Waals surface area contributed by atoms with Crippen LogP contribution in [0.2, 0.25) is 0 Å². The fourth-order valence-corrected chi connectivity index (χ4v) is 2.96. The molecule has 128 valence electrons. The third-order valence-electron chi connectivity index (χ3n) is 4.55. The minimum Gasteiger partial charge on any atom is -0.396 e. The number of aliphatic hydroxyl groups excluding tert-OH is 1. The third-order valence-corrected chi connectivity index (χ3v) is 4.55. The minimum absolute atomic E-state index is 0.0196. The SMILES string of the molecule is O=C(NCc1ccc(Cn2ccnc2)cc1)N1CCC(CO)CC1. The molecule has 0 atom stereocenters. The van der Waals surface area contributed by atoms with Gasteiger partial charge in [0.2, 0.25) is 0 Å². The van der Waals surface area contributed by atoms with Crippen molar-refractivity contribution in [2.45, 2.75) is 25.9 Å². The second-order valence-electron chi connectivity index (χ2n) is 6.32. The molecule has 1 aromatic heterocycles. The summed E-state index contributed by atoms with van der Waals surface area (Å²) in [5.74, 6) is 0.345. The summed E-state index contributed by atoms with van der Waals surface area (Å²) in [5, 5.41) is 12.1. The lowest BCUT2D eigenvalue weighted by Crippen LogP contribution is -2.44. The summed E-state index contributed by atoms with van der Waals surface area (Å²) < 4.78 is 2.02. The summed E-state index contributed by atoms with van der Waals surface area (Å²) in [5.41, 5.74) is 2.29. The molecule has 3 rings (SSSR count). The fraction of sp³-hybridized carbons (Fsp3) is 0.444. The number of nitrogens with one attached hydrogen (secondary N) is 1. The number of hydrogen-bond donors (Lipinski definition) is 2. The molecule has 1 saturated heterocycles. The predicted octanol–water partition coefficient (Wildman–Crippen LogP) is 1.85. The van der Waals surface area contributed by atoms with E-state index in [0.717, 1.165) is 38.0 Å². The number of urea groups is 1. The van der Waals surface area contributed by atoms with E-state index >= 15 is 0 Å². The zero-order chi connectivity index (χ0) is 16.8. The van der Waals surface area contributed by atoms with Gasteiger partial charge in [0.25, 0.3) is 0 Å². The molecule has 0 unspecified atom stereocenters. The van der Waals surface area contributed by atoms with Gasteiger partial charge in [-0.25, -0.2) is 9.78 Å². The first kappa shape index (κ1) is 16.5. The number of rotatable bonds is 5. The molecule has 0 saturated carbocycles. The van der Waals surface area contributed by atoms with Crippen LogP contribution in [-0.4, -0.2) is 45.3 Å². The van der Waals surface area contributed by atoms with Gasteiger partial charge in [-0.2, -0.15) is 0 Å². The van der Waals surface area contributed by atoms with Gasteiger partial charge in [-0.15, -0.1) is 0 Å². The van der Waals surface area contributed by atoms with Crippen molar-refractivity contribution in [2.24, 2.45) is 5.92 Å². The van der Waals surface area contributed by atoms with E-state index in [2.05, 4.69) is 22.4 Å². The molecule has 24 heavy (non-hydrogen) atoms. The highest BCUT2D eigenvalue weighted by Gasteiger charge is 2.21. The molecule has 2 N–H and O–H groups in total. The predicted molar refractivity (Wildman–Crippen MR) is 91.4 cm³/mol. The Morgan fingerprint density at radius 2 is 1.92 bits per heavy atom. The molecule has 1 aliphatic heterocycles. The highest BCUT2D eigenvalue weighted by molar-refractivity contribution is 5.74. The fourth-order valence-electron chi connectivity index (χ4n) is 2.96. The Bertz CT molecular complexity index is 632. The molecule has 0 spiro atoms. The smallest absolute Gasteiger partial charge is 0.317 e. The van der Waals surface area contributed by atoms with E-state index in [1.807, 2.05) is 27.8 Å². The summed E-state index contributed by atoms with van der Waals surface area (Å²) in [6.45, 7) is 3.00. The van der Waals surface area contributed by atoms with E-state index in [1.54, 1.807) is 12.5 Å². The second-order valence-corrected chi connectivity index (χ2v) is 6.32. The maximum absolute atomic E-state index is 12.2. The van der Waals surface area contributed by atoms with E-state index in [9.17, 15) is 4.79 Å². The quantitative estimate of drug-likeness (QED) is 0.880. The molecule has 0 aliphatic carbocycles. The number of aliphatic hydroxyl groups is 1. The first-order valence-corrected chi connectivity index (χ1v) is 8.42. The van der Waals surface area contributed by atoms with Crippen LogP contribution >= 0.6 is 0 Å². The van der Waals surface area contributed by atoms with E-state index in [1.165, 1.54) is 5.56 Å². The zero-order valence-electron chi connectivity index (χ0n) is 13.8. The number of aromatic nitrogens is 2. The first-order valence-electron chi connectivity index (χ1n) is 8.42. The Hall–Kier alpha value is -2.34. The number of piperidine rings is 1. The van der Waals surface area contributed by atoms with Gasteiger partial charge >= 0.3 is 6.03 Å². The van der Waals surface area contributed by atoms with Crippen LogP contribution in [0.1, 0.15) is 24.0 Å². The largest absolute Gasteiger partial charge is 0.396 e. The molecule has 2 heterocycles. The zero-order valence-corrected chi connectivity index (χ0v) is 13.8. The Morgan fingerprint density at radius 3 is 2.54 bits per heavy atom. The van der Waals surface area contributed by atoms with Crippen molar-refractivity contribution in [3.8, 4) is 0 Å². The minimum atomic E-state index is -0.0196. The molecule has 1 fully saturated rings. The van der Waals surface area contributed by atoms with Crippen LogP contribution < -0.4 is 5.32 Å². The standard InChI is InChI=1S/C18H24N4O2/c23-13-17-5-8-22(9-6-17)18(24)20-11-15-1-3-16(4-2-15)12-21-10-7-19-14-21/h1-4,7,10,14,17,23H,5-6,8-9,11-13H2,(H,20,24). The molecule has 2 aromatic rings. The van der Waals surface area contributed by atoms with Crippen LogP contribution in [0.5, 0.6) is 0 Å². The van der Waals surface area contributed by atoms with Gasteiger partial charge in [0, 0.05) is 45.2 Å². The van der Waals surface area contributed by atoms with Gasteiger partial charge in [0.15, 0.2) is 0 Å². The molecule has 6 heteroatoms. The average Bonchev–Trinajstić information content (AvgIpc) is 3.14. The Labute approximate surface area is 142 Å². The number of imidazole rings is 1. The normalized spacial score (nSPS) is 15.5. The Kier molecular flexibility index (Phi) is 5.48. The summed E-state index contributed by atoms with van der Waals surface area (Å²) in [6.07, 6.45) is 7.27. The third kappa shape index (κ3) is 4.35. The molecule has 0 radical (unpaired) electrons. The lowest BCUT2D eigenvalue weighted by molar-refractivity contribution is 0.137. The van der Waals surface area contributed by atoms with E-state index in [-0.39, 0.29) is 12.6 Å². The monoisotopic (exact) mass is 328 g/mol. The van der Waals surface area contributed by atoms with Gasteiger partial charge < -0.3 is 19.9 Å². The van der Waals surface area contributed by atoms with Crippen LogP contribution in [0.25, 0.3) is 0 Å². The molecule has 0 bridgehead atoms. The lowest BCUT2D eigenvalue weighted by Gasteiger charge is -2.31. The van der Waals surface area contributed by atoms with Crippen LogP contribution in [0.4, 0.5) is 4.79 Å². The van der Waals surface area contributed by atoms with E-state index in [0.29, 0.717) is 12.5 Å².